The number of hydrogen-bond donors (Lipinski definition) is 2. The number of nitrogens with one attached hydrogen (secondary N) is 2. The minimum atomic E-state index is -0.342. The average Bonchev–Trinajstić information content (AvgIpc) is 3.17. The second kappa shape index (κ2) is 6.05. The molecule has 0 aliphatic carbocycles. The van der Waals surface area contributed by atoms with Crippen molar-refractivity contribution in [3.8, 4) is 0 Å². The summed E-state index contributed by atoms with van der Waals surface area (Å²) in [7, 11) is 3.11. The van der Waals surface area contributed by atoms with Crippen LogP contribution in [0, 0.1) is 0 Å². The lowest BCUT2D eigenvalue weighted by Gasteiger charge is -2.08. The maximum atomic E-state index is 12.3. The fourth-order valence-electron chi connectivity index (χ4n) is 2.90. The first kappa shape index (κ1) is 15.0. The summed E-state index contributed by atoms with van der Waals surface area (Å²) in [6.07, 6.45) is 2.75. The van der Waals surface area contributed by atoms with Crippen molar-refractivity contribution in [1.29, 1.82) is 0 Å². The van der Waals surface area contributed by atoms with Gasteiger partial charge in [-0.05, 0) is 25.8 Å². The lowest BCUT2D eigenvalue weighted by atomic mass is 10.2. The molecule has 3 rings (SSSR count). The van der Waals surface area contributed by atoms with E-state index in [1.807, 2.05) is 0 Å². The summed E-state index contributed by atoms with van der Waals surface area (Å²) in [5, 5.41) is 3.34. The Hall–Kier alpha value is -1.93. The molecule has 22 heavy (non-hydrogen) atoms. The summed E-state index contributed by atoms with van der Waals surface area (Å²) in [4.78, 5) is 32.3. The standard InChI is InChI=1S/C14H21N5O3/c1-18-13(20)10-12(19(14(18)21)7-4-8-22-2)17-11(16-10)9-5-3-6-15-9/h9,15H,3-8H2,1-2H3,(H,16,17). The molecule has 120 valence electrons. The number of aromatic nitrogens is 4. The van der Waals surface area contributed by atoms with Gasteiger partial charge in [-0.3, -0.25) is 13.9 Å². The number of hydrogen-bond acceptors (Lipinski definition) is 5. The van der Waals surface area contributed by atoms with Gasteiger partial charge in [-0.2, -0.15) is 0 Å². The van der Waals surface area contributed by atoms with Crippen LogP contribution in [0.25, 0.3) is 11.2 Å². The molecule has 8 heteroatoms. The molecule has 1 unspecified atom stereocenters. The van der Waals surface area contributed by atoms with Gasteiger partial charge in [0.25, 0.3) is 5.56 Å². The van der Waals surface area contributed by atoms with E-state index in [4.69, 9.17) is 4.74 Å². The van der Waals surface area contributed by atoms with Crippen LogP contribution in [-0.4, -0.2) is 39.4 Å². The Labute approximate surface area is 127 Å². The summed E-state index contributed by atoms with van der Waals surface area (Å²) in [5.41, 5.74) is 0.155. The number of methoxy groups -OCH3 is 1. The summed E-state index contributed by atoms with van der Waals surface area (Å²) >= 11 is 0. The number of imidazole rings is 1. The highest BCUT2D eigenvalue weighted by molar-refractivity contribution is 5.70. The van der Waals surface area contributed by atoms with Gasteiger partial charge in [-0.1, -0.05) is 0 Å². The smallest absolute Gasteiger partial charge is 0.332 e. The van der Waals surface area contributed by atoms with Crippen LogP contribution in [-0.2, 0) is 18.3 Å². The first-order valence-corrected chi connectivity index (χ1v) is 7.55. The van der Waals surface area contributed by atoms with Gasteiger partial charge in [0.05, 0.1) is 6.04 Å². The zero-order chi connectivity index (χ0) is 15.7. The zero-order valence-corrected chi connectivity index (χ0v) is 12.9. The van der Waals surface area contributed by atoms with E-state index in [-0.39, 0.29) is 17.3 Å². The SMILES string of the molecule is COCCCn1c(=O)n(C)c(=O)c2[nH]c(C3CCCN3)nc21. The Bertz CT molecular complexity index is 782. The van der Waals surface area contributed by atoms with Crippen molar-refractivity contribution < 1.29 is 4.74 Å². The molecule has 1 aliphatic rings. The van der Waals surface area contributed by atoms with Crippen LogP contribution in [0.4, 0.5) is 0 Å². The second-order valence-corrected chi connectivity index (χ2v) is 5.61. The predicted octanol–water partition coefficient (Wildman–Crippen LogP) is -0.116. The highest BCUT2D eigenvalue weighted by Crippen LogP contribution is 2.21. The van der Waals surface area contributed by atoms with E-state index in [9.17, 15) is 9.59 Å². The van der Waals surface area contributed by atoms with E-state index in [1.165, 1.54) is 7.05 Å². The molecule has 2 aromatic heterocycles. The molecule has 2 aromatic rings. The fraction of sp³-hybridized carbons (Fsp3) is 0.643. The molecule has 0 aromatic carbocycles. The minimum absolute atomic E-state index is 0.125. The van der Waals surface area contributed by atoms with Crippen LogP contribution < -0.4 is 16.6 Å². The Morgan fingerprint density at radius 2 is 2.23 bits per heavy atom. The van der Waals surface area contributed by atoms with Gasteiger partial charge >= 0.3 is 5.69 Å². The normalized spacial score (nSPS) is 18.4. The van der Waals surface area contributed by atoms with Crippen LogP contribution >= 0.6 is 0 Å². The number of nitrogens with zero attached hydrogens (tertiary/aromatic N) is 3. The summed E-state index contributed by atoms with van der Waals surface area (Å²) < 4.78 is 7.70. The van der Waals surface area contributed by atoms with Crippen molar-refractivity contribution in [1.82, 2.24) is 24.4 Å². The fourth-order valence-corrected chi connectivity index (χ4v) is 2.90. The predicted molar refractivity (Wildman–Crippen MR) is 82.1 cm³/mol. The zero-order valence-electron chi connectivity index (χ0n) is 12.9. The maximum absolute atomic E-state index is 12.3. The van der Waals surface area contributed by atoms with Crippen LogP contribution in [0.1, 0.15) is 31.1 Å². The van der Waals surface area contributed by atoms with Crippen molar-refractivity contribution in [3.63, 3.8) is 0 Å². The highest BCUT2D eigenvalue weighted by atomic mass is 16.5. The van der Waals surface area contributed by atoms with Crippen molar-refractivity contribution in [2.24, 2.45) is 7.05 Å². The number of fused-ring (bicyclic) bond motifs is 1. The molecular weight excluding hydrogens is 286 g/mol. The van der Waals surface area contributed by atoms with Gasteiger partial charge in [0.15, 0.2) is 5.65 Å². The van der Waals surface area contributed by atoms with Crippen molar-refractivity contribution in [3.05, 3.63) is 26.7 Å². The molecule has 8 nitrogen and oxygen atoms in total. The van der Waals surface area contributed by atoms with E-state index in [2.05, 4.69) is 15.3 Å². The van der Waals surface area contributed by atoms with Crippen molar-refractivity contribution in [2.75, 3.05) is 20.3 Å². The topological polar surface area (TPSA) is 93.9 Å². The second-order valence-electron chi connectivity index (χ2n) is 5.61. The molecule has 1 atom stereocenters. The third-order valence-corrected chi connectivity index (χ3v) is 4.12. The average molecular weight is 307 g/mol. The van der Waals surface area contributed by atoms with E-state index >= 15 is 0 Å². The Kier molecular flexibility index (Phi) is 4.12. The lowest BCUT2D eigenvalue weighted by molar-refractivity contribution is 0.190. The molecule has 1 aliphatic heterocycles. The molecule has 2 N–H and O–H groups in total. The number of H-pyrrole nitrogens is 1. The van der Waals surface area contributed by atoms with E-state index in [0.29, 0.717) is 30.7 Å². The third-order valence-electron chi connectivity index (χ3n) is 4.12. The van der Waals surface area contributed by atoms with Crippen molar-refractivity contribution in [2.45, 2.75) is 31.8 Å². The molecule has 1 fully saturated rings. The number of ether oxygens (including phenoxy) is 1. The molecule has 0 bridgehead atoms. The minimum Gasteiger partial charge on any atom is -0.385 e. The van der Waals surface area contributed by atoms with Crippen molar-refractivity contribution >= 4 is 11.2 Å². The van der Waals surface area contributed by atoms with Crippen LogP contribution in [0.2, 0.25) is 0 Å². The Morgan fingerprint density at radius 3 is 2.91 bits per heavy atom. The highest BCUT2D eigenvalue weighted by Gasteiger charge is 2.22. The lowest BCUT2D eigenvalue weighted by Crippen LogP contribution is -2.38. The number of rotatable bonds is 5. The Balaban J connectivity index is 2.11. The molecule has 3 heterocycles. The summed E-state index contributed by atoms with van der Waals surface area (Å²) in [5.74, 6) is 0.732. The van der Waals surface area contributed by atoms with Gasteiger partial charge in [0.1, 0.15) is 11.3 Å². The first-order chi connectivity index (χ1) is 10.6. The summed E-state index contributed by atoms with van der Waals surface area (Å²) in [6, 6.07) is 0.125. The van der Waals surface area contributed by atoms with Crippen LogP contribution in [0.3, 0.4) is 0 Å². The van der Waals surface area contributed by atoms with E-state index < -0.39 is 0 Å². The van der Waals surface area contributed by atoms with E-state index in [0.717, 1.165) is 29.8 Å². The molecule has 0 spiro atoms. The monoisotopic (exact) mass is 307 g/mol. The summed E-state index contributed by atoms with van der Waals surface area (Å²) in [6.45, 7) is 1.97. The number of aromatic amines is 1. The molecular formula is C14H21N5O3. The van der Waals surface area contributed by atoms with Gasteiger partial charge < -0.3 is 15.0 Å². The van der Waals surface area contributed by atoms with Crippen LogP contribution in [0.15, 0.2) is 9.59 Å². The molecule has 1 saturated heterocycles. The number of aryl methyl sites for hydroxylation is 1. The van der Waals surface area contributed by atoms with Gasteiger partial charge in [-0.25, -0.2) is 9.78 Å². The van der Waals surface area contributed by atoms with E-state index in [1.54, 1.807) is 11.7 Å². The third kappa shape index (κ3) is 2.48. The quantitative estimate of drug-likeness (QED) is 0.751. The largest absolute Gasteiger partial charge is 0.385 e. The Morgan fingerprint density at radius 1 is 1.41 bits per heavy atom. The molecule has 0 radical (unpaired) electrons. The maximum Gasteiger partial charge on any atom is 0.332 e. The first-order valence-electron chi connectivity index (χ1n) is 7.55. The van der Waals surface area contributed by atoms with Crippen LogP contribution in [0.5, 0.6) is 0 Å². The molecule has 0 amide bonds. The van der Waals surface area contributed by atoms with Gasteiger partial charge in [-0.15, -0.1) is 0 Å². The van der Waals surface area contributed by atoms with Gasteiger partial charge in [0.2, 0.25) is 0 Å². The van der Waals surface area contributed by atoms with Gasteiger partial charge in [0, 0.05) is 27.3 Å². The molecule has 0 saturated carbocycles.